The molecular formula is C13H13NO6. The molecule has 1 aromatic carbocycles. The average molecular weight is 279 g/mol. The molecule has 0 amide bonds. The number of rotatable bonds is 4. The van der Waals surface area contributed by atoms with Crippen molar-refractivity contribution in [3.63, 3.8) is 0 Å². The van der Waals surface area contributed by atoms with Crippen LogP contribution in [0.5, 0.6) is 17.2 Å². The highest BCUT2D eigenvalue weighted by Gasteiger charge is 2.27. The van der Waals surface area contributed by atoms with Gasteiger partial charge in [-0.25, -0.2) is 4.79 Å². The molecule has 20 heavy (non-hydrogen) atoms. The predicted molar refractivity (Wildman–Crippen MR) is 67.4 cm³/mol. The van der Waals surface area contributed by atoms with Crippen LogP contribution in [0.15, 0.2) is 17.3 Å². The summed E-state index contributed by atoms with van der Waals surface area (Å²) in [7, 11) is 1.55. The van der Waals surface area contributed by atoms with Crippen LogP contribution in [0.2, 0.25) is 0 Å². The van der Waals surface area contributed by atoms with Gasteiger partial charge < -0.3 is 24.2 Å². The average Bonchev–Trinajstić information content (AvgIpc) is 3.06. The van der Waals surface area contributed by atoms with Gasteiger partial charge in [0, 0.05) is 12.8 Å². The molecule has 1 aromatic rings. The van der Waals surface area contributed by atoms with Crippen molar-refractivity contribution in [2.45, 2.75) is 18.9 Å². The van der Waals surface area contributed by atoms with Crippen LogP contribution in [0.25, 0.3) is 0 Å². The van der Waals surface area contributed by atoms with Gasteiger partial charge in [-0.2, -0.15) is 0 Å². The van der Waals surface area contributed by atoms with Crippen LogP contribution in [0.3, 0.4) is 0 Å². The molecule has 7 nitrogen and oxygen atoms in total. The van der Waals surface area contributed by atoms with E-state index in [1.807, 2.05) is 12.1 Å². The molecule has 0 aliphatic carbocycles. The highest BCUT2D eigenvalue weighted by Crippen LogP contribution is 2.42. The molecule has 0 saturated carbocycles. The third kappa shape index (κ3) is 2.22. The van der Waals surface area contributed by atoms with Crippen LogP contribution in [0.4, 0.5) is 0 Å². The summed E-state index contributed by atoms with van der Waals surface area (Å²) in [4.78, 5) is 15.9. The second-order valence-electron chi connectivity index (χ2n) is 4.51. The lowest BCUT2D eigenvalue weighted by Crippen LogP contribution is -2.16. The normalized spacial score (nSPS) is 19.4. The molecule has 0 radical (unpaired) electrons. The van der Waals surface area contributed by atoms with Crippen LogP contribution in [-0.4, -0.2) is 36.8 Å². The Labute approximate surface area is 114 Å². The molecule has 2 aliphatic rings. The minimum absolute atomic E-state index is 0.0442. The molecule has 0 aromatic heterocycles. The van der Waals surface area contributed by atoms with E-state index in [1.54, 1.807) is 7.11 Å². The Morgan fingerprint density at radius 3 is 3.05 bits per heavy atom. The van der Waals surface area contributed by atoms with Gasteiger partial charge in [0.05, 0.1) is 7.11 Å². The molecule has 0 unspecified atom stereocenters. The first kappa shape index (κ1) is 12.6. The fourth-order valence-electron chi connectivity index (χ4n) is 2.23. The third-order valence-corrected chi connectivity index (χ3v) is 3.16. The van der Waals surface area contributed by atoms with Crippen LogP contribution in [0, 0.1) is 0 Å². The SMILES string of the molecule is COc1cc(C[C@H]2CC(C(=O)O)=NO2)cc2c1OCO2. The van der Waals surface area contributed by atoms with Crippen LogP contribution in [-0.2, 0) is 16.1 Å². The molecule has 0 bridgehead atoms. The van der Waals surface area contributed by atoms with Crippen molar-refractivity contribution in [3.8, 4) is 17.2 Å². The Morgan fingerprint density at radius 1 is 1.50 bits per heavy atom. The number of carbonyl (C=O) groups is 1. The molecule has 7 heteroatoms. The van der Waals surface area contributed by atoms with Gasteiger partial charge in [-0.3, -0.25) is 0 Å². The van der Waals surface area contributed by atoms with Gasteiger partial charge in [0.15, 0.2) is 17.2 Å². The van der Waals surface area contributed by atoms with E-state index < -0.39 is 5.97 Å². The van der Waals surface area contributed by atoms with Gasteiger partial charge in [-0.05, 0) is 17.7 Å². The van der Waals surface area contributed by atoms with Gasteiger partial charge >= 0.3 is 5.97 Å². The summed E-state index contributed by atoms with van der Waals surface area (Å²) in [5, 5.41) is 12.4. The Bertz CT molecular complexity index is 582. The van der Waals surface area contributed by atoms with Crippen molar-refractivity contribution in [2.24, 2.45) is 5.16 Å². The van der Waals surface area contributed by atoms with Gasteiger partial charge in [0.2, 0.25) is 12.5 Å². The zero-order valence-electron chi connectivity index (χ0n) is 10.8. The van der Waals surface area contributed by atoms with E-state index in [9.17, 15) is 4.79 Å². The zero-order valence-corrected chi connectivity index (χ0v) is 10.8. The summed E-state index contributed by atoms with van der Waals surface area (Å²) < 4.78 is 15.9. The fourth-order valence-corrected chi connectivity index (χ4v) is 2.23. The Balaban J connectivity index is 1.75. The maximum Gasteiger partial charge on any atom is 0.353 e. The number of hydrogen-bond acceptors (Lipinski definition) is 6. The minimum atomic E-state index is -1.05. The van der Waals surface area contributed by atoms with E-state index >= 15 is 0 Å². The van der Waals surface area contributed by atoms with Gasteiger partial charge in [0.1, 0.15) is 6.10 Å². The molecule has 0 saturated heterocycles. The van der Waals surface area contributed by atoms with Crippen LogP contribution >= 0.6 is 0 Å². The number of aliphatic carboxylic acids is 1. The number of fused-ring (bicyclic) bond motifs is 1. The maximum atomic E-state index is 10.8. The predicted octanol–water partition coefficient (Wildman–Crippen LogP) is 1.20. The first-order valence-electron chi connectivity index (χ1n) is 6.10. The first-order chi connectivity index (χ1) is 9.67. The zero-order chi connectivity index (χ0) is 14.1. The van der Waals surface area contributed by atoms with Crippen LogP contribution in [0.1, 0.15) is 12.0 Å². The standard InChI is InChI=1S/C13H13NO6/c1-17-10-3-7(4-11-12(10)19-6-18-11)2-8-5-9(13(15)16)14-20-8/h3-4,8H,2,5-6H2,1H3,(H,15,16)/t8-/m0/s1. The van der Waals surface area contributed by atoms with Crippen molar-refractivity contribution in [2.75, 3.05) is 13.9 Å². The minimum Gasteiger partial charge on any atom is -0.493 e. The van der Waals surface area contributed by atoms with Gasteiger partial charge in [-0.1, -0.05) is 5.16 Å². The fraction of sp³-hybridized carbons (Fsp3) is 0.385. The second-order valence-corrected chi connectivity index (χ2v) is 4.51. The molecule has 1 atom stereocenters. The van der Waals surface area contributed by atoms with Gasteiger partial charge in [0.25, 0.3) is 0 Å². The van der Waals surface area contributed by atoms with E-state index in [2.05, 4.69) is 5.16 Å². The van der Waals surface area contributed by atoms with E-state index in [1.165, 1.54) is 0 Å². The lowest BCUT2D eigenvalue weighted by atomic mass is 10.0. The van der Waals surface area contributed by atoms with Gasteiger partial charge in [-0.15, -0.1) is 0 Å². The number of nitrogens with zero attached hydrogens (tertiary/aromatic N) is 1. The van der Waals surface area contributed by atoms with Crippen molar-refractivity contribution in [3.05, 3.63) is 17.7 Å². The Hall–Kier alpha value is -2.44. The number of carboxylic acid groups (broad SMARTS) is 1. The largest absolute Gasteiger partial charge is 0.493 e. The van der Waals surface area contributed by atoms with Crippen molar-refractivity contribution >= 4 is 11.7 Å². The topological polar surface area (TPSA) is 86.6 Å². The monoisotopic (exact) mass is 279 g/mol. The summed E-state index contributed by atoms with van der Waals surface area (Å²) in [5.41, 5.74) is 0.959. The molecule has 0 fully saturated rings. The number of carboxylic acids is 1. The van der Waals surface area contributed by atoms with Crippen LogP contribution < -0.4 is 14.2 Å². The molecule has 0 spiro atoms. The summed E-state index contributed by atoms with van der Waals surface area (Å²) >= 11 is 0. The van der Waals surface area contributed by atoms with E-state index in [-0.39, 0.29) is 25.0 Å². The molecule has 1 N–H and O–H groups in total. The van der Waals surface area contributed by atoms with E-state index in [4.69, 9.17) is 24.2 Å². The van der Waals surface area contributed by atoms with E-state index in [0.717, 1.165) is 5.56 Å². The van der Waals surface area contributed by atoms with Crippen molar-refractivity contribution in [1.29, 1.82) is 0 Å². The highest BCUT2D eigenvalue weighted by atomic mass is 16.7. The quantitative estimate of drug-likeness (QED) is 0.891. The second kappa shape index (κ2) is 4.92. The Kier molecular flexibility index (Phi) is 3.09. The Morgan fingerprint density at radius 2 is 2.35 bits per heavy atom. The third-order valence-electron chi connectivity index (χ3n) is 3.16. The molecule has 3 rings (SSSR count). The first-order valence-corrected chi connectivity index (χ1v) is 6.10. The number of hydrogen-bond donors (Lipinski definition) is 1. The summed E-state index contributed by atoms with van der Waals surface area (Å²) in [6.07, 6.45) is 0.519. The molecule has 2 heterocycles. The number of benzene rings is 1. The molecule has 106 valence electrons. The molecular weight excluding hydrogens is 266 g/mol. The summed E-state index contributed by atoms with van der Waals surface area (Å²) in [6, 6.07) is 3.67. The molecule has 2 aliphatic heterocycles. The summed E-state index contributed by atoms with van der Waals surface area (Å²) in [6.45, 7) is 0.168. The highest BCUT2D eigenvalue weighted by molar-refractivity contribution is 6.35. The van der Waals surface area contributed by atoms with E-state index in [0.29, 0.717) is 23.7 Å². The maximum absolute atomic E-state index is 10.8. The summed E-state index contributed by atoms with van der Waals surface area (Å²) in [5.74, 6) is 0.755. The van der Waals surface area contributed by atoms with Crippen molar-refractivity contribution < 1.29 is 28.9 Å². The smallest absolute Gasteiger partial charge is 0.353 e. The lowest BCUT2D eigenvalue weighted by molar-refractivity contribution is -0.129. The number of oxime groups is 1. The lowest BCUT2D eigenvalue weighted by Gasteiger charge is -2.11. The number of ether oxygens (including phenoxy) is 3. The number of methoxy groups -OCH3 is 1. The van der Waals surface area contributed by atoms with Crippen molar-refractivity contribution in [1.82, 2.24) is 0 Å².